The van der Waals surface area contributed by atoms with Crippen LogP contribution < -0.4 is 10.1 Å². The van der Waals surface area contributed by atoms with E-state index in [1.165, 1.54) is 25.3 Å². The van der Waals surface area contributed by atoms with E-state index in [-0.39, 0.29) is 17.0 Å². The van der Waals surface area contributed by atoms with E-state index in [4.69, 9.17) is 9.47 Å². The first-order chi connectivity index (χ1) is 12.0. The molecule has 1 N–H and O–H groups in total. The third kappa shape index (κ3) is 5.02. The molecule has 2 aromatic carbocycles. The van der Waals surface area contributed by atoms with Crippen LogP contribution in [0.1, 0.15) is 28.4 Å². The third-order valence-electron chi connectivity index (χ3n) is 3.59. The minimum absolute atomic E-state index is 0.129. The predicted octanol–water partition coefficient (Wildman–Crippen LogP) is 3.07. The summed E-state index contributed by atoms with van der Waals surface area (Å²) in [4.78, 5) is 22.7. The van der Waals surface area contributed by atoms with Crippen LogP contribution in [0.15, 0.2) is 42.5 Å². The first-order valence-corrected chi connectivity index (χ1v) is 7.81. The molecule has 7 nitrogen and oxygen atoms in total. The molecule has 7 heteroatoms. The zero-order chi connectivity index (χ0) is 18.2. The van der Waals surface area contributed by atoms with E-state index >= 15 is 0 Å². The summed E-state index contributed by atoms with van der Waals surface area (Å²) in [7, 11) is 1.41. The molecule has 0 atom stereocenters. The molecule has 0 aliphatic rings. The van der Waals surface area contributed by atoms with E-state index in [1.54, 1.807) is 0 Å². The molecule has 25 heavy (non-hydrogen) atoms. The molecule has 0 heterocycles. The molecule has 2 aromatic rings. The Labute approximate surface area is 145 Å². The SMILES string of the molecule is CCOCc1ccc(CNC(=O)c2cc([N+](=O)[O-])ccc2OC)cc1. The maximum atomic E-state index is 12.3. The van der Waals surface area contributed by atoms with E-state index in [1.807, 2.05) is 31.2 Å². The van der Waals surface area contributed by atoms with Crippen molar-refractivity contribution in [3.05, 3.63) is 69.3 Å². The van der Waals surface area contributed by atoms with Crippen molar-refractivity contribution in [2.75, 3.05) is 13.7 Å². The number of nitrogens with zero attached hydrogens (tertiary/aromatic N) is 1. The van der Waals surface area contributed by atoms with E-state index in [0.717, 1.165) is 11.1 Å². The lowest BCUT2D eigenvalue weighted by Crippen LogP contribution is -2.23. The van der Waals surface area contributed by atoms with Crippen LogP contribution in [0.4, 0.5) is 5.69 Å². The Morgan fingerprint density at radius 2 is 1.84 bits per heavy atom. The summed E-state index contributed by atoms with van der Waals surface area (Å²) in [6, 6.07) is 11.6. The van der Waals surface area contributed by atoms with E-state index in [0.29, 0.717) is 19.8 Å². The van der Waals surface area contributed by atoms with Crippen LogP contribution in [0, 0.1) is 10.1 Å². The van der Waals surface area contributed by atoms with Crippen LogP contribution in [0.5, 0.6) is 5.75 Å². The van der Waals surface area contributed by atoms with Gasteiger partial charge in [-0.3, -0.25) is 14.9 Å². The van der Waals surface area contributed by atoms with Gasteiger partial charge in [-0.15, -0.1) is 0 Å². The lowest BCUT2D eigenvalue weighted by atomic mass is 10.1. The van der Waals surface area contributed by atoms with Crippen LogP contribution in [-0.4, -0.2) is 24.5 Å². The number of hydrogen-bond donors (Lipinski definition) is 1. The van der Waals surface area contributed by atoms with Gasteiger partial charge < -0.3 is 14.8 Å². The fourth-order valence-corrected chi connectivity index (χ4v) is 2.24. The molecule has 0 aliphatic carbocycles. The first kappa shape index (κ1) is 18.4. The molecule has 0 fully saturated rings. The highest BCUT2D eigenvalue weighted by Gasteiger charge is 2.17. The van der Waals surface area contributed by atoms with Crippen molar-refractivity contribution >= 4 is 11.6 Å². The van der Waals surface area contributed by atoms with Crippen LogP contribution in [-0.2, 0) is 17.9 Å². The molecule has 0 aromatic heterocycles. The van der Waals surface area contributed by atoms with Gasteiger partial charge >= 0.3 is 0 Å². The van der Waals surface area contributed by atoms with Crippen molar-refractivity contribution in [1.29, 1.82) is 0 Å². The number of ether oxygens (including phenoxy) is 2. The Bertz CT molecular complexity index is 744. The Hall–Kier alpha value is -2.93. The van der Waals surface area contributed by atoms with Gasteiger partial charge in [-0.05, 0) is 24.1 Å². The van der Waals surface area contributed by atoms with Gasteiger partial charge in [-0.25, -0.2) is 0 Å². The smallest absolute Gasteiger partial charge is 0.270 e. The fraction of sp³-hybridized carbons (Fsp3) is 0.278. The molecule has 0 aliphatic heterocycles. The summed E-state index contributed by atoms with van der Waals surface area (Å²) < 4.78 is 10.4. The number of carbonyl (C=O) groups excluding carboxylic acids is 1. The molecule has 0 unspecified atom stereocenters. The normalized spacial score (nSPS) is 10.3. The minimum Gasteiger partial charge on any atom is -0.496 e. The Morgan fingerprint density at radius 1 is 1.16 bits per heavy atom. The van der Waals surface area contributed by atoms with Gasteiger partial charge in [0.2, 0.25) is 0 Å². The third-order valence-corrected chi connectivity index (χ3v) is 3.59. The van der Waals surface area contributed by atoms with E-state index in [9.17, 15) is 14.9 Å². The van der Waals surface area contributed by atoms with Crippen molar-refractivity contribution in [2.45, 2.75) is 20.1 Å². The number of nitro benzene ring substituents is 1. The van der Waals surface area contributed by atoms with Crippen LogP contribution in [0.3, 0.4) is 0 Å². The Kier molecular flexibility index (Phi) is 6.47. The quantitative estimate of drug-likeness (QED) is 0.587. The van der Waals surface area contributed by atoms with E-state index < -0.39 is 10.8 Å². The average Bonchev–Trinajstić information content (AvgIpc) is 2.64. The number of nitrogens with one attached hydrogen (secondary N) is 1. The highest BCUT2D eigenvalue weighted by Crippen LogP contribution is 2.24. The highest BCUT2D eigenvalue weighted by atomic mass is 16.6. The summed E-state index contributed by atoms with van der Waals surface area (Å²) in [5, 5.41) is 13.6. The molecule has 1 amide bonds. The zero-order valence-corrected chi connectivity index (χ0v) is 14.2. The maximum absolute atomic E-state index is 12.3. The van der Waals surface area contributed by atoms with Gasteiger partial charge in [0, 0.05) is 25.3 Å². The molecule has 0 radical (unpaired) electrons. The van der Waals surface area contributed by atoms with Crippen molar-refractivity contribution in [3.63, 3.8) is 0 Å². The summed E-state index contributed by atoms with van der Waals surface area (Å²) in [6.45, 7) is 3.45. The lowest BCUT2D eigenvalue weighted by molar-refractivity contribution is -0.384. The van der Waals surface area contributed by atoms with Crippen LogP contribution in [0.25, 0.3) is 0 Å². The predicted molar refractivity (Wildman–Crippen MR) is 92.6 cm³/mol. The second-order valence-electron chi connectivity index (χ2n) is 5.28. The number of carbonyl (C=O) groups is 1. The van der Waals surface area contributed by atoms with E-state index in [2.05, 4.69) is 5.32 Å². The molecular weight excluding hydrogens is 324 g/mol. The molecule has 0 saturated carbocycles. The number of nitro groups is 1. The van der Waals surface area contributed by atoms with Crippen molar-refractivity contribution in [1.82, 2.24) is 5.32 Å². The van der Waals surface area contributed by atoms with Gasteiger partial charge in [0.25, 0.3) is 11.6 Å². The zero-order valence-electron chi connectivity index (χ0n) is 14.2. The topological polar surface area (TPSA) is 90.7 Å². The summed E-state index contributed by atoms with van der Waals surface area (Å²) >= 11 is 0. The monoisotopic (exact) mass is 344 g/mol. The Balaban J connectivity index is 2.04. The molecule has 0 saturated heterocycles. The number of amides is 1. The fourth-order valence-electron chi connectivity index (χ4n) is 2.24. The summed E-state index contributed by atoms with van der Waals surface area (Å²) in [5.74, 6) is -0.144. The minimum atomic E-state index is -0.548. The van der Waals surface area contributed by atoms with Gasteiger partial charge in [0.1, 0.15) is 5.75 Å². The molecule has 132 valence electrons. The Morgan fingerprint density at radius 3 is 2.44 bits per heavy atom. The molecule has 0 bridgehead atoms. The number of benzene rings is 2. The number of hydrogen-bond acceptors (Lipinski definition) is 5. The largest absolute Gasteiger partial charge is 0.496 e. The molecule has 0 spiro atoms. The van der Waals surface area contributed by atoms with Crippen molar-refractivity contribution < 1.29 is 19.2 Å². The van der Waals surface area contributed by atoms with Crippen molar-refractivity contribution in [2.24, 2.45) is 0 Å². The molecule has 2 rings (SSSR count). The maximum Gasteiger partial charge on any atom is 0.270 e. The highest BCUT2D eigenvalue weighted by molar-refractivity contribution is 5.97. The second-order valence-corrected chi connectivity index (χ2v) is 5.28. The second kappa shape index (κ2) is 8.79. The number of methoxy groups -OCH3 is 1. The van der Waals surface area contributed by atoms with Gasteiger partial charge in [-0.1, -0.05) is 24.3 Å². The summed E-state index contributed by atoms with van der Waals surface area (Å²) in [6.07, 6.45) is 0. The van der Waals surface area contributed by atoms with Gasteiger partial charge in [0.15, 0.2) is 0 Å². The average molecular weight is 344 g/mol. The standard InChI is InChI=1S/C18H20N2O5/c1-3-25-12-14-6-4-13(5-7-14)11-19-18(21)16-10-15(20(22)23)8-9-17(16)24-2/h4-10H,3,11-12H2,1-2H3,(H,19,21). The van der Waals surface area contributed by atoms with Crippen LogP contribution >= 0.6 is 0 Å². The molecular formula is C18H20N2O5. The first-order valence-electron chi connectivity index (χ1n) is 7.81. The summed E-state index contributed by atoms with van der Waals surface area (Å²) in [5.41, 5.74) is 1.94. The number of non-ortho nitro benzene ring substituents is 1. The number of rotatable bonds is 8. The lowest BCUT2D eigenvalue weighted by Gasteiger charge is -2.10. The van der Waals surface area contributed by atoms with Crippen molar-refractivity contribution in [3.8, 4) is 5.75 Å². The van der Waals surface area contributed by atoms with Crippen LogP contribution in [0.2, 0.25) is 0 Å². The van der Waals surface area contributed by atoms with Gasteiger partial charge in [-0.2, -0.15) is 0 Å². The van der Waals surface area contributed by atoms with Gasteiger partial charge in [0.05, 0.1) is 24.2 Å².